The molecular weight excluding hydrogens is 319 g/mol. The molecule has 1 heterocycles. The molecule has 0 amide bonds. The van der Waals surface area contributed by atoms with Gasteiger partial charge >= 0.3 is 6.18 Å². The Morgan fingerprint density at radius 2 is 1.62 bits per heavy atom. The second-order valence-electron chi connectivity index (χ2n) is 5.52. The van der Waals surface area contributed by atoms with E-state index in [0.29, 0.717) is 5.56 Å². The quantitative estimate of drug-likeness (QED) is 0.834. The maximum Gasteiger partial charge on any atom is 0.416 e. The number of halogens is 3. The third-order valence-corrected chi connectivity index (χ3v) is 3.99. The maximum atomic E-state index is 12.8. The van der Waals surface area contributed by atoms with Crippen LogP contribution in [0.2, 0.25) is 0 Å². The molecule has 0 unspecified atom stereocenters. The van der Waals surface area contributed by atoms with E-state index in [-0.39, 0.29) is 40.4 Å². The molecular formula is C18H12F3NO2. The summed E-state index contributed by atoms with van der Waals surface area (Å²) in [5.74, 6) is -0.630. The van der Waals surface area contributed by atoms with Gasteiger partial charge in [-0.25, -0.2) is 0 Å². The van der Waals surface area contributed by atoms with Crippen LogP contribution in [0.3, 0.4) is 0 Å². The van der Waals surface area contributed by atoms with E-state index in [0.717, 1.165) is 18.3 Å². The predicted molar refractivity (Wildman–Crippen MR) is 80.7 cm³/mol. The molecule has 0 saturated heterocycles. The first-order valence-electron chi connectivity index (χ1n) is 7.19. The Balaban J connectivity index is 2.00. The third-order valence-electron chi connectivity index (χ3n) is 3.99. The van der Waals surface area contributed by atoms with E-state index < -0.39 is 11.7 Å². The lowest BCUT2D eigenvalue weighted by Crippen LogP contribution is -2.22. The van der Waals surface area contributed by atoms with Crippen LogP contribution in [0.15, 0.2) is 53.7 Å². The molecule has 0 saturated carbocycles. The zero-order chi connectivity index (χ0) is 17.5. The Kier molecular flexibility index (Phi) is 3.83. The third kappa shape index (κ3) is 2.75. The van der Waals surface area contributed by atoms with Crippen LogP contribution >= 0.6 is 0 Å². The molecule has 0 aliphatic heterocycles. The van der Waals surface area contributed by atoms with Gasteiger partial charge in [0.1, 0.15) is 0 Å². The lowest BCUT2D eigenvalue weighted by atomic mass is 9.83. The van der Waals surface area contributed by atoms with Crippen molar-refractivity contribution in [1.82, 2.24) is 4.98 Å². The minimum atomic E-state index is -4.49. The monoisotopic (exact) mass is 331 g/mol. The van der Waals surface area contributed by atoms with Gasteiger partial charge in [-0.15, -0.1) is 0 Å². The van der Waals surface area contributed by atoms with Gasteiger partial charge in [-0.05, 0) is 19.1 Å². The Morgan fingerprint density at radius 3 is 2.25 bits per heavy atom. The Bertz CT molecular complexity index is 882. The number of Topliss-reactive ketones (excluding diaryl/α,β-unsaturated/α-hetero) is 2. The van der Waals surface area contributed by atoms with E-state index in [1.165, 1.54) is 6.92 Å². The number of nitrogens with zero attached hydrogens (tertiary/aromatic N) is 1. The lowest BCUT2D eigenvalue weighted by molar-refractivity contribution is -0.137. The van der Waals surface area contributed by atoms with Crippen molar-refractivity contribution >= 4 is 11.6 Å². The molecule has 1 aromatic carbocycles. The van der Waals surface area contributed by atoms with Crippen LogP contribution in [0.1, 0.15) is 38.9 Å². The first kappa shape index (κ1) is 16.1. The number of hydrogen-bond acceptors (Lipinski definition) is 3. The fraction of sp³-hybridized carbons (Fsp3) is 0.167. The van der Waals surface area contributed by atoms with Crippen molar-refractivity contribution < 1.29 is 22.8 Å². The molecule has 0 atom stereocenters. The highest BCUT2D eigenvalue weighted by Gasteiger charge is 2.32. The maximum absolute atomic E-state index is 12.8. The summed E-state index contributed by atoms with van der Waals surface area (Å²) in [5, 5.41) is 0. The molecule has 6 heteroatoms. The number of aromatic nitrogens is 1. The number of alkyl halides is 3. The van der Waals surface area contributed by atoms with E-state index in [4.69, 9.17) is 0 Å². The molecule has 0 N–H and O–H groups in total. The summed E-state index contributed by atoms with van der Waals surface area (Å²) in [6.07, 6.45) is -3.55. The SMILES string of the molecule is CC1=C(Cc2cc(C(F)(F)F)ccn2)C(=O)c2ccccc2C1=O. The van der Waals surface area contributed by atoms with Crippen LogP contribution in [-0.4, -0.2) is 16.6 Å². The van der Waals surface area contributed by atoms with Crippen LogP contribution in [0, 0.1) is 0 Å². The number of allylic oxidation sites excluding steroid dienone is 2. The minimum absolute atomic E-state index is 0.0970. The molecule has 24 heavy (non-hydrogen) atoms. The van der Waals surface area contributed by atoms with Crippen LogP contribution in [-0.2, 0) is 12.6 Å². The fourth-order valence-corrected chi connectivity index (χ4v) is 2.70. The van der Waals surface area contributed by atoms with Gasteiger partial charge in [0.2, 0.25) is 0 Å². The number of carbonyl (C=O) groups excluding carboxylic acids is 2. The summed E-state index contributed by atoms with van der Waals surface area (Å²) < 4.78 is 38.4. The topological polar surface area (TPSA) is 47.0 Å². The van der Waals surface area contributed by atoms with E-state index >= 15 is 0 Å². The molecule has 3 nitrogen and oxygen atoms in total. The highest BCUT2D eigenvalue weighted by atomic mass is 19.4. The van der Waals surface area contributed by atoms with Gasteiger partial charge in [-0.3, -0.25) is 14.6 Å². The number of rotatable bonds is 2. The van der Waals surface area contributed by atoms with Crippen molar-refractivity contribution in [3.05, 3.63) is 76.1 Å². The van der Waals surface area contributed by atoms with Gasteiger partial charge in [-0.2, -0.15) is 13.2 Å². The molecule has 0 spiro atoms. The van der Waals surface area contributed by atoms with Crippen molar-refractivity contribution in [1.29, 1.82) is 0 Å². The summed E-state index contributed by atoms with van der Waals surface area (Å²) >= 11 is 0. The summed E-state index contributed by atoms with van der Waals surface area (Å²) in [5.41, 5.74) is 0.291. The smallest absolute Gasteiger partial charge is 0.289 e. The number of benzene rings is 1. The molecule has 0 radical (unpaired) electrons. The van der Waals surface area contributed by atoms with Crippen molar-refractivity contribution in [2.75, 3.05) is 0 Å². The van der Waals surface area contributed by atoms with Crippen LogP contribution in [0.5, 0.6) is 0 Å². The molecule has 1 aromatic heterocycles. The van der Waals surface area contributed by atoms with Gasteiger partial charge in [0, 0.05) is 40.6 Å². The van der Waals surface area contributed by atoms with Gasteiger partial charge in [0.05, 0.1) is 5.56 Å². The first-order valence-corrected chi connectivity index (χ1v) is 7.19. The Morgan fingerprint density at radius 1 is 1.00 bits per heavy atom. The standard InChI is InChI=1S/C18H12F3NO2/c1-10-15(9-12-8-11(6-7-22-12)18(19,20)21)17(24)14-5-3-2-4-13(14)16(10)23/h2-8H,9H2,1H3. The lowest BCUT2D eigenvalue weighted by Gasteiger charge is -2.19. The Labute approximate surface area is 135 Å². The summed E-state index contributed by atoms with van der Waals surface area (Å²) in [7, 11) is 0. The summed E-state index contributed by atoms with van der Waals surface area (Å²) in [6, 6.07) is 8.19. The Hall–Kier alpha value is -2.76. The predicted octanol–water partition coefficient (Wildman–Crippen LogP) is 4.04. The number of carbonyl (C=O) groups is 2. The highest BCUT2D eigenvalue weighted by molar-refractivity contribution is 6.26. The molecule has 0 bridgehead atoms. The van der Waals surface area contributed by atoms with Crippen molar-refractivity contribution in [3.8, 4) is 0 Å². The van der Waals surface area contributed by atoms with Crippen molar-refractivity contribution in [3.63, 3.8) is 0 Å². The van der Waals surface area contributed by atoms with E-state index in [1.807, 2.05) is 0 Å². The van der Waals surface area contributed by atoms with Crippen LogP contribution in [0.4, 0.5) is 13.2 Å². The molecule has 1 aliphatic rings. The average Bonchev–Trinajstić information content (AvgIpc) is 2.56. The largest absolute Gasteiger partial charge is 0.416 e. The molecule has 3 rings (SSSR count). The molecule has 2 aromatic rings. The van der Waals surface area contributed by atoms with Gasteiger partial charge in [0.25, 0.3) is 0 Å². The zero-order valence-electron chi connectivity index (χ0n) is 12.6. The summed E-state index contributed by atoms with van der Waals surface area (Å²) in [4.78, 5) is 28.9. The average molecular weight is 331 g/mol. The van der Waals surface area contributed by atoms with Gasteiger partial charge < -0.3 is 0 Å². The number of pyridine rings is 1. The van der Waals surface area contributed by atoms with Crippen molar-refractivity contribution in [2.24, 2.45) is 0 Å². The van der Waals surface area contributed by atoms with Crippen LogP contribution < -0.4 is 0 Å². The van der Waals surface area contributed by atoms with Crippen molar-refractivity contribution in [2.45, 2.75) is 19.5 Å². The van der Waals surface area contributed by atoms with Gasteiger partial charge in [-0.1, -0.05) is 24.3 Å². The number of hydrogen-bond donors (Lipinski definition) is 0. The van der Waals surface area contributed by atoms with Gasteiger partial charge in [0.15, 0.2) is 11.6 Å². The normalized spacial score (nSPS) is 14.8. The number of ketones is 2. The van der Waals surface area contributed by atoms with E-state index in [9.17, 15) is 22.8 Å². The first-order chi connectivity index (χ1) is 11.3. The van der Waals surface area contributed by atoms with Crippen LogP contribution in [0.25, 0.3) is 0 Å². The second-order valence-corrected chi connectivity index (χ2v) is 5.52. The van der Waals surface area contributed by atoms with E-state index in [2.05, 4.69) is 4.98 Å². The second kappa shape index (κ2) is 5.70. The molecule has 0 fully saturated rings. The molecule has 122 valence electrons. The number of fused-ring (bicyclic) bond motifs is 1. The fourth-order valence-electron chi connectivity index (χ4n) is 2.70. The zero-order valence-corrected chi connectivity index (χ0v) is 12.6. The molecule has 1 aliphatic carbocycles. The highest BCUT2D eigenvalue weighted by Crippen LogP contribution is 2.31. The minimum Gasteiger partial charge on any atom is -0.289 e. The van der Waals surface area contributed by atoms with E-state index in [1.54, 1.807) is 24.3 Å². The summed E-state index contributed by atoms with van der Waals surface area (Å²) in [6.45, 7) is 1.51.